The van der Waals surface area contributed by atoms with Crippen LogP contribution < -0.4 is 10.2 Å². The molecular formula is C20H23N5OS. The van der Waals surface area contributed by atoms with E-state index in [0.29, 0.717) is 13.1 Å². The zero-order valence-corrected chi connectivity index (χ0v) is 16.2. The molecule has 0 aliphatic carbocycles. The lowest BCUT2D eigenvalue weighted by molar-refractivity contribution is -0.125. The number of aromatic nitrogens is 3. The van der Waals surface area contributed by atoms with Crippen LogP contribution in [0.5, 0.6) is 0 Å². The third kappa shape index (κ3) is 3.93. The van der Waals surface area contributed by atoms with Crippen molar-refractivity contribution in [3.63, 3.8) is 0 Å². The number of rotatable bonds is 5. The van der Waals surface area contributed by atoms with Crippen molar-refractivity contribution in [3.05, 3.63) is 47.4 Å². The summed E-state index contributed by atoms with van der Waals surface area (Å²) in [6.45, 7) is 4.30. The van der Waals surface area contributed by atoms with Crippen LogP contribution in [0.1, 0.15) is 30.2 Å². The zero-order chi connectivity index (χ0) is 18.6. The Morgan fingerprint density at radius 3 is 3.15 bits per heavy atom. The molecule has 6 nitrogen and oxygen atoms in total. The number of fused-ring (bicyclic) bond motifs is 1. The molecule has 27 heavy (non-hydrogen) atoms. The summed E-state index contributed by atoms with van der Waals surface area (Å²) in [6, 6.07) is 6.05. The molecule has 0 spiro atoms. The van der Waals surface area contributed by atoms with Gasteiger partial charge >= 0.3 is 0 Å². The topological polar surface area (TPSA) is 71.0 Å². The van der Waals surface area contributed by atoms with Gasteiger partial charge in [0.05, 0.1) is 11.3 Å². The maximum atomic E-state index is 12.7. The van der Waals surface area contributed by atoms with Crippen LogP contribution in [0.15, 0.2) is 36.9 Å². The molecule has 1 saturated heterocycles. The molecule has 3 aromatic heterocycles. The molecule has 4 heterocycles. The Balaban J connectivity index is 1.46. The minimum atomic E-state index is -0.0234. The summed E-state index contributed by atoms with van der Waals surface area (Å²) in [4.78, 5) is 30.3. The third-order valence-corrected chi connectivity index (χ3v) is 6.18. The molecule has 1 aliphatic rings. The summed E-state index contributed by atoms with van der Waals surface area (Å²) >= 11 is 1.73. The fourth-order valence-electron chi connectivity index (χ4n) is 3.54. The highest BCUT2D eigenvalue weighted by atomic mass is 32.1. The highest BCUT2D eigenvalue weighted by molar-refractivity contribution is 7.18. The van der Waals surface area contributed by atoms with Crippen molar-refractivity contribution in [1.82, 2.24) is 20.3 Å². The first kappa shape index (κ1) is 17.9. The van der Waals surface area contributed by atoms with Crippen LogP contribution in [0.4, 0.5) is 5.82 Å². The highest BCUT2D eigenvalue weighted by Crippen LogP contribution is 2.32. The first-order valence-corrected chi connectivity index (χ1v) is 10.2. The van der Waals surface area contributed by atoms with E-state index >= 15 is 0 Å². The van der Waals surface area contributed by atoms with Crippen LogP contribution in [-0.2, 0) is 17.8 Å². The molecule has 1 N–H and O–H groups in total. The predicted molar refractivity (Wildman–Crippen MR) is 108 cm³/mol. The van der Waals surface area contributed by atoms with E-state index in [4.69, 9.17) is 0 Å². The van der Waals surface area contributed by atoms with Crippen molar-refractivity contribution in [1.29, 1.82) is 0 Å². The van der Waals surface area contributed by atoms with Gasteiger partial charge in [-0.1, -0.05) is 13.0 Å². The molecule has 4 rings (SSSR count). The number of nitrogens with one attached hydrogen (secondary N) is 1. The molecule has 1 fully saturated rings. The first-order chi connectivity index (χ1) is 13.2. The van der Waals surface area contributed by atoms with Gasteiger partial charge in [0, 0.05) is 36.9 Å². The second-order valence-corrected chi connectivity index (χ2v) is 7.96. The number of carbonyl (C=O) groups excluding carboxylic acids is 1. The maximum absolute atomic E-state index is 12.7. The highest BCUT2D eigenvalue weighted by Gasteiger charge is 2.27. The lowest BCUT2D eigenvalue weighted by Crippen LogP contribution is -2.43. The van der Waals surface area contributed by atoms with Gasteiger partial charge in [0.2, 0.25) is 5.91 Å². The molecule has 140 valence electrons. The number of thiophene rings is 1. The van der Waals surface area contributed by atoms with Gasteiger partial charge in [0.1, 0.15) is 17.0 Å². The number of anilines is 1. The van der Waals surface area contributed by atoms with Gasteiger partial charge in [-0.3, -0.25) is 9.78 Å². The van der Waals surface area contributed by atoms with E-state index in [1.165, 1.54) is 4.88 Å². The second kappa shape index (κ2) is 8.00. The standard InChI is InChI=1S/C20H23N5OS/c1-2-16-9-17-18(23-13-24-20(17)27-16)25-8-4-6-15(12-25)19(26)22-11-14-5-3-7-21-10-14/h3,5,7,9-10,13,15H,2,4,6,8,11-12H2,1H3,(H,22,26). The predicted octanol–water partition coefficient (Wildman–Crippen LogP) is 3.18. The minimum absolute atomic E-state index is 0.0234. The number of hydrogen-bond acceptors (Lipinski definition) is 6. The van der Waals surface area contributed by atoms with Crippen LogP contribution in [0.2, 0.25) is 0 Å². The van der Waals surface area contributed by atoms with E-state index in [1.807, 2.05) is 12.1 Å². The number of hydrogen-bond donors (Lipinski definition) is 1. The van der Waals surface area contributed by atoms with E-state index in [1.54, 1.807) is 30.1 Å². The molecular weight excluding hydrogens is 358 g/mol. The van der Waals surface area contributed by atoms with Crippen LogP contribution in [0, 0.1) is 5.92 Å². The van der Waals surface area contributed by atoms with Crippen LogP contribution in [0.3, 0.4) is 0 Å². The normalized spacial score (nSPS) is 17.2. The van der Waals surface area contributed by atoms with Crippen molar-refractivity contribution in [2.45, 2.75) is 32.7 Å². The molecule has 3 aromatic rings. The van der Waals surface area contributed by atoms with Gasteiger partial charge < -0.3 is 10.2 Å². The Morgan fingerprint density at radius 1 is 1.41 bits per heavy atom. The quantitative estimate of drug-likeness (QED) is 0.735. The van der Waals surface area contributed by atoms with E-state index in [2.05, 4.69) is 38.2 Å². The smallest absolute Gasteiger partial charge is 0.225 e. The summed E-state index contributed by atoms with van der Waals surface area (Å²) in [5.74, 6) is 1.04. The van der Waals surface area contributed by atoms with Crippen molar-refractivity contribution in [2.24, 2.45) is 5.92 Å². The third-order valence-electron chi connectivity index (χ3n) is 4.99. The Bertz CT molecular complexity index is 927. The first-order valence-electron chi connectivity index (χ1n) is 9.39. The fourth-order valence-corrected chi connectivity index (χ4v) is 4.47. The zero-order valence-electron chi connectivity index (χ0n) is 15.4. The van der Waals surface area contributed by atoms with Crippen molar-refractivity contribution < 1.29 is 4.79 Å². The number of piperidine rings is 1. The molecule has 0 saturated carbocycles. The monoisotopic (exact) mass is 381 g/mol. The summed E-state index contributed by atoms with van der Waals surface area (Å²) in [6.07, 6.45) is 8.06. The molecule has 0 radical (unpaired) electrons. The van der Waals surface area contributed by atoms with Gasteiger partial charge in [-0.25, -0.2) is 9.97 Å². The average molecular weight is 382 g/mol. The molecule has 1 aliphatic heterocycles. The van der Waals surface area contributed by atoms with E-state index in [9.17, 15) is 4.79 Å². The maximum Gasteiger partial charge on any atom is 0.225 e. The fraction of sp³-hybridized carbons (Fsp3) is 0.400. The van der Waals surface area contributed by atoms with E-state index in [0.717, 1.165) is 47.4 Å². The van der Waals surface area contributed by atoms with Gasteiger partial charge in [-0.15, -0.1) is 11.3 Å². The molecule has 0 bridgehead atoms. The Kier molecular flexibility index (Phi) is 5.29. The lowest BCUT2D eigenvalue weighted by Gasteiger charge is -2.33. The Labute approximate surface area is 162 Å². The second-order valence-electron chi connectivity index (χ2n) is 6.85. The minimum Gasteiger partial charge on any atom is -0.355 e. The number of nitrogens with zero attached hydrogens (tertiary/aromatic N) is 4. The van der Waals surface area contributed by atoms with Crippen LogP contribution in [-0.4, -0.2) is 33.9 Å². The summed E-state index contributed by atoms with van der Waals surface area (Å²) < 4.78 is 0. The molecule has 1 amide bonds. The number of aryl methyl sites for hydroxylation is 1. The molecule has 1 atom stereocenters. The van der Waals surface area contributed by atoms with E-state index < -0.39 is 0 Å². The van der Waals surface area contributed by atoms with Crippen LogP contribution >= 0.6 is 11.3 Å². The summed E-state index contributed by atoms with van der Waals surface area (Å²) in [5, 5.41) is 4.16. The average Bonchev–Trinajstić information content (AvgIpc) is 3.16. The van der Waals surface area contributed by atoms with Crippen molar-refractivity contribution in [3.8, 4) is 0 Å². The van der Waals surface area contributed by atoms with Crippen molar-refractivity contribution in [2.75, 3.05) is 18.0 Å². The Morgan fingerprint density at radius 2 is 2.33 bits per heavy atom. The number of pyridine rings is 1. The molecule has 1 unspecified atom stereocenters. The van der Waals surface area contributed by atoms with Gasteiger partial charge in [0.25, 0.3) is 0 Å². The molecule has 0 aromatic carbocycles. The Hall–Kier alpha value is -2.54. The number of amides is 1. The molecule has 7 heteroatoms. The van der Waals surface area contributed by atoms with E-state index in [-0.39, 0.29) is 11.8 Å². The largest absolute Gasteiger partial charge is 0.355 e. The SMILES string of the molecule is CCc1cc2c(N3CCCC(C(=O)NCc4cccnc4)C3)ncnc2s1. The van der Waals surface area contributed by atoms with Crippen molar-refractivity contribution >= 4 is 33.3 Å². The van der Waals surface area contributed by atoms with Gasteiger partial charge in [-0.2, -0.15) is 0 Å². The van der Waals surface area contributed by atoms with Crippen LogP contribution in [0.25, 0.3) is 10.2 Å². The van der Waals surface area contributed by atoms with Gasteiger partial charge in [-0.05, 0) is 37.0 Å². The summed E-state index contributed by atoms with van der Waals surface area (Å²) in [5.41, 5.74) is 1.02. The summed E-state index contributed by atoms with van der Waals surface area (Å²) in [7, 11) is 0. The lowest BCUT2D eigenvalue weighted by atomic mass is 9.97. The van der Waals surface area contributed by atoms with Gasteiger partial charge in [0.15, 0.2) is 0 Å². The number of carbonyl (C=O) groups is 1.